The molecule has 0 bridgehead atoms. The van der Waals surface area contributed by atoms with Crippen molar-refractivity contribution in [2.45, 2.75) is 42.9 Å². The van der Waals surface area contributed by atoms with Gasteiger partial charge in [0.05, 0.1) is 0 Å². The van der Waals surface area contributed by atoms with Crippen LogP contribution in [0.25, 0.3) is 0 Å². The summed E-state index contributed by atoms with van der Waals surface area (Å²) in [6.45, 7) is 4.25. The first-order chi connectivity index (χ1) is 7.90. The van der Waals surface area contributed by atoms with Gasteiger partial charge in [0, 0.05) is 16.2 Å². The van der Waals surface area contributed by atoms with Crippen LogP contribution in [-0.2, 0) is 0 Å². The quantitative estimate of drug-likeness (QED) is 0.876. The molecule has 2 N–H and O–H groups in total. The molecule has 2 rings (SSSR count). The average Bonchev–Trinajstić information content (AvgIpc) is 2.51. The lowest BCUT2D eigenvalue weighted by Gasteiger charge is -2.26. The molecule has 2 atom stereocenters. The second kappa shape index (κ2) is 4.58. The molecule has 17 heavy (non-hydrogen) atoms. The van der Waals surface area contributed by atoms with Gasteiger partial charge >= 0.3 is 0 Å². The van der Waals surface area contributed by atoms with E-state index in [0.717, 1.165) is 18.9 Å². The summed E-state index contributed by atoms with van der Waals surface area (Å²) in [6, 6.07) is 3.58. The number of hydrogen-bond donors (Lipinski definition) is 1. The van der Waals surface area contributed by atoms with E-state index in [1.165, 1.54) is 23.9 Å². The molecule has 0 amide bonds. The summed E-state index contributed by atoms with van der Waals surface area (Å²) in [5, 5.41) is 0.168. The molecule has 0 spiro atoms. The Balaban J connectivity index is 2.14. The number of rotatable bonds is 2. The Morgan fingerprint density at radius 1 is 1.35 bits per heavy atom. The maximum atomic E-state index is 13.5. The monoisotopic (exact) mass is 257 g/mol. The molecule has 1 nitrogen and oxygen atoms in total. The number of nitrogens with two attached hydrogens (primary N) is 1. The molecule has 1 aromatic carbocycles. The standard InChI is InChI=1S/C13H17F2NS/c1-13(2)6-5-10(12(13)16)17-11-7-8(14)3-4-9(11)15/h3-4,7,10,12H,5-6,16H2,1-2H3. The molecule has 0 aliphatic heterocycles. The third-order valence-corrected chi connectivity index (χ3v) is 4.95. The molecule has 1 saturated carbocycles. The first kappa shape index (κ1) is 12.8. The van der Waals surface area contributed by atoms with E-state index in [2.05, 4.69) is 13.8 Å². The lowest BCUT2D eigenvalue weighted by atomic mass is 9.88. The van der Waals surface area contributed by atoms with Crippen LogP contribution in [0, 0.1) is 17.0 Å². The highest BCUT2D eigenvalue weighted by molar-refractivity contribution is 8.00. The van der Waals surface area contributed by atoms with E-state index < -0.39 is 5.82 Å². The number of hydrogen-bond acceptors (Lipinski definition) is 2. The molecule has 0 saturated heterocycles. The second-order valence-corrected chi connectivity index (χ2v) is 6.57. The van der Waals surface area contributed by atoms with Crippen LogP contribution in [0.4, 0.5) is 8.78 Å². The Morgan fingerprint density at radius 2 is 2.06 bits per heavy atom. The van der Waals surface area contributed by atoms with Crippen molar-refractivity contribution in [1.29, 1.82) is 0 Å². The maximum Gasteiger partial charge on any atom is 0.136 e. The third-order valence-electron chi connectivity index (χ3n) is 3.55. The molecule has 1 fully saturated rings. The molecular formula is C13H17F2NS. The summed E-state index contributed by atoms with van der Waals surface area (Å²) in [4.78, 5) is 0.364. The van der Waals surface area contributed by atoms with Gasteiger partial charge in [0.25, 0.3) is 0 Å². The van der Waals surface area contributed by atoms with Gasteiger partial charge in [-0.05, 0) is 36.5 Å². The predicted octanol–water partition coefficient (Wildman–Crippen LogP) is 3.57. The Hall–Kier alpha value is -0.610. The van der Waals surface area contributed by atoms with Crippen LogP contribution in [0.2, 0.25) is 0 Å². The minimum absolute atomic E-state index is 0.0233. The first-order valence-corrected chi connectivity index (χ1v) is 6.65. The zero-order valence-corrected chi connectivity index (χ0v) is 10.9. The minimum atomic E-state index is -0.403. The van der Waals surface area contributed by atoms with E-state index in [4.69, 9.17) is 5.73 Å². The van der Waals surface area contributed by atoms with Crippen molar-refractivity contribution in [2.24, 2.45) is 11.1 Å². The van der Waals surface area contributed by atoms with E-state index in [1.54, 1.807) is 0 Å². The van der Waals surface area contributed by atoms with Crippen molar-refractivity contribution in [2.75, 3.05) is 0 Å². The smallest absolute Gasteiger partial charge is 0.136 e. The molecule has 0 aromatic heterocycles. The van der Waals surface area contributed by atoms with E-state index >= 15 is 0 Å². The van der Waals surface area contributed by atoms with Gasteiger partial charge in [-0.25, -0.2) is 8.78 Å². The predicted molar refractivity (Wildman–Crippen MR) is 67.0 cm³/mol. The van der Waals surface area contributed by atoms with Gasteiger partial charge < -0.3 is 5.73 Å². The SMILES string of the molecule is CC1(C)CCC(Sc2cc(F)ccc2F)C1N. The van der Waals surface area contributed by atoms with Crippen molar-refractivity contribution in [1.82, 2.24) is 0 Å². The fourth-order valence-electron chi connectivity index (χ4n) is 2.23. The van der Waals surface area contributed by atoms with E-state index in [1.807, 2.05) is 0 Å². The molecule has 1 aliphatic rings. The first-order valence-electron chi connectivity index (χ1n) is 5.77. The largest absolute Gasteiger partial charge is 0.326 e. The van der Waals surface area contributed by atoms with Gasteiger partial charge in [-0.2, -0.15) is 0 Å². The fraction of sp³-hybridized carbons (Fsp3) is 0.538. The topological polar surface area (TPSA) is 26.0 Å². The summed E-state index contributed by atoms with van der Waals surface area (Å²) in [5.74, 6) is -0.770. The van der Waals surface area contributed by atoms with Gasteiger partial charge in [0.15, 0.2) is 0 Å². The van der Waals surface area contributed by atoms with Gasteiger partial charge in [-0.1, -0.05) is 13.8 Å². The summed E-state index contributed by atoms with van der Waals surface area (Å²) in [5.41, 5.74) is 6.24. The maximum absolute atomic E-state index is 13.5. The zero-order chi connectivity index (χ0) is 12.6. The van der Waals surface area contributed by atoms with E-state index in [0.29, 0.717) is 4.90 Å². The van der Waals surface area contributed by atoms with Gasteiger partial charge in [0.2, 0.25) is 0 Å². The molecule has 2 unspecified atom stereocenters. The van der Waals surface area contributed by atoms with Crippen LogP contribution in [0.3, 0.4) is 0 Å². The number of benzene rings is 1. The lowest BCUT2D eigenvalue weighted by Crippen LogP contribution is -2.38. The summed E-state index contributed by atoms with van der Waals surface area (Å²) in [6.07, 6.45) is 1.98. The summed E-state index contributed by atoms with van der Waals surface area (Å²) >= 11 is 1.36. The van der Waals surface area contributed by atoms with Crippen molar-refractivity contribution >= 4 is 11.8 Å². The molecule has 0 radical (unpaired) electrons. The zero-order valence-electron chi connectivity index (χ0n) is 10.0. The molecule has 1 aliphatic carbocycles. The van der Waals surface area contributed by atoms with Crippen LogP contribution in [0.15, 0.2) is 23.1 Å². The highest BCUT2D eigenvalue weighted by atomic mass is 32.2. The van der Waals surface area contributed by atoms with Crippen LogP contribution in [0.5, 0.6) is 0 Å². The molecular weight excluding hydrogens is 240 g/mol. The third kappa shape index (κ3) is 2.63. The van der Waals surface area contributed by atoms with Gasteiger partial charge in [-0.15, -0.1) is 11.8 Å². The second-order valence-electron chi connectivity index (χ2n) is 5.28. The molecule has 1 aromatic rings. The Morgan fingerprint density at radius 3 is 2.65 bits per heavy atom. The summed E-state index contributed by atoms with van der Waals surface area (Å²) < 4.78 is 26.6. The van der Waals surface area contributed by atoms with Gasteiger partial charge in [0.1, 0.15) is 11.6 Å². The van der Waals surface area contributed by atoms with Crippen LogP contribution < -0.4 is 5.73 Å². The average molecular weight is 257 g/mol. The number of thioether (sulfide) groups is 1. The highest BCUT2D eigenvalue weighted by Crippen LogP contribution is 2.44. The van der Waals surface area contributed by atoms with Crippen molar-refractivity contribution in [3.05, 3.63) is 29.8 Å². The highest BCUT2D eigenvalue weighted by Gasteiger charge is 2.40. The van der Waals surface area contributed by atoms with E-state index in [9.17, 15) is 8.78 Å². The molecule has 94 valence electrons. The van der Waals surface area contributed by atoms with Crippen LogP contribution >= 0.6 is 11.8 Å². The molecule has 0 heterocycles. The summed E-state index contributed by atoms with van der Waals surface area (Å²) in [7, 11) is 0. The van der Waals surface area contributed by atoms with Gasteiger partial charge in [-0.3, -0.25) is 0 Å². The normalized spacial score (nSPS) is 27.4. The number of halogens is 2. The minimum Gasteiger partial charge on any atom is -0.326 e. The van der Waals surface area contributed by atoms with Crippen LogP contribution in [0.1, 0.15) is 26.7 Å². The molecule has 4 heteroatoms. The van der Waals surface area contributed by atoms with Crippen molar-refractivity contribution in [3.63, 3.8) is 0 Å². The van der Waals surface area contributed by atoms with Crippen LogP contribution in [-0.4, -0.2) is 11.3 Å². The van der Waals surface area contributed by atoms with Crippen molar-refractivity contribution in [3.8, 4) is 0 Å². The Labute approximate surface area is 105 Å². The van der Waals surface area contributed by atoms with Crippen molar-refractivity contribution < 1.29 is 8.78 Å². The lowest BCUT2D eigenvalue weighted by molar-refractivity contribution is 0.334. The fourth-order valence-corrected chi connectivity index (χ4v) is 3.66. The Bertz CT molecular complexity index is 420. The Kier molecular flexibility index (Phi) is 3.46. The van der Waals surface area contributed by atoms with E-state index in [-0.39, 0.29) is 22.5 Å².